The number of aromatic amines is 1. The number of nitrogens with one attached hydrogen (secondary N) is 1. The standard InChI is InChI=1S/C11H16N2O4/c1-6-5-8(7(2)14)17-10(6)13-4-3-9(15)12-11(13)16/h3-4,6-8,10,14H,5H2,1-2H3,(H,12,15,16)/t6-,7-,8?,10+/m0/s1. The van der Waals surface area contributed by atoms with E-state index in [2.05, 4.69) is 4.98 Å². The lowest BCUT2D eigenvalue weighted by Crippen LogP contribution is -2.33. The van der Waals surface area contributed by atoms with Crippen LogP contribution in [0.5, 0.6) is 0 Å². The molecule has 2 rings (SSSR count). The summed E-state index contributed by atoms with van der Waals surface area (Å²) in [5, 5.41) is 9.48. The van der Waals surface area contributed by atoms with E-state index in [0.29, 0.717) is 6.42 Å². The van der Waals surface area contributed by atoms with E-state index in [0.717, 1.165) is 0 Å². The number of aliphatic hydroxyl groups is 1. The average molecular weight is 240 g/mol. The number of ether oxygens (including phenoxy) is 1. The van der Waals surface area contributed by atoms with Gasteiger partial charge < -0.3 is 9.84 Å². The van der Waals surface area contributed by atoms with Crippen molar-refractivity contribution in [1.82, 2.24) is 9.55 Å². The van der Waals surface area contributed by atoms with E-state index in [1.165, 1.54) is 16.8 Å². The van der Waals surface area contributed by atoms with Crippen LogP contribution in [0.4, 0.5) is 0 Å². The Labute approximate surface area is 97.9 Å². The van der Waals surface area contributed by atoms with Crippen molar-refractivity contribution in [2.45, 2.75) is 38.7 Å². The van der Waals surface area contributed by atoms with Crippen molar-refractivity contribution < 1.29 is 9.84 Å². The van der Waals surface area contributed by atoms with Gasteiger partial charge in [0.1, 0.15) is 6.23 Å². The first-order chi connectivity index (χ1) is 7.99. The molecule has 17 heavy (non-hydrogen) atoms. The molecule has 0 spiro atoms. The predicted molar refractivity (Wildman–Crippen MR) is 60.7 cm³/mol. The van der Waals surface area contributed by atoms with Crippen LogP contribution in [0.1, 0.15) is 26.5 Å². The first-order valence-corrected chi connectivity index (χ1v) is 5.64. The summed E-state index contributed by atoms with van der Waals surface area (Å²) in [6.45, 7) is 3.61. The molecule has 0 amide bonds. The van der Waals surface area contributed by atoms with Crippen LogP contribution in [0, 0.1) is 5.92 Å². The minimum atomic E-state index is -0.569. The molecule has 1 fully saturated rings. The van der Waals surface area contributed by atoms with Crippen molar-refractivity contribution in [3.8, 4) is 0 Å². The fourth-order valence-electron chi connectivity index (χ4n) is 2.13. The fraction of sp³-hybridized carbons (Fsp3) is 0.636. The largest absolute Gasteiger partial charge is 0.391 e. The molecule has 0 saturated carbocycles. The van der Waals surface area contributed by atoms with Crippen molar-refractivity contribution in [3.05, 3.63) is 33.1 Å². The molecule has 0 bridgehead atoms. The maximum Gasteiger partial charge on any atom is 0.330 e. The number of nitrogens with zero attached hydrogens (tertiary/aromatic N) is 1. The van der Waals surface area contributed by atoms with Crippen LogP contribution in [-0.4, -0.2) is 26.9 Å². The van der Waals surface area contributed by atoms with Gasteiger partial charge in [0.05, 0.1) is 12.2 Å². The summed E-state index contributed by atoms with van der Waals surface area (Å²) < 4.78 is 6.99. The smallest absolute Gasteiger partial charge is 0.330 e. The summed E-state index contributed by atoms with van der Waals surface area (Å²) in [4.78, 5) is 24.8. The van der Waals surface area contributed by atoms with E-state index >= 15 is 0 Å². The second-order valence-corrected chi connectivity index (χ2v) is 4.54. The molecule has 1 unspecified atom stereocenters. The third-order valence-electron chi connectivity index (χ3n) is 3.07. The van der Waals surface area contributed by atoms with E-state index in [1.54, 1.807) is 6.92 Å². The first-order valence-electron chi connectivity index (χ1n) is 5.64. The summed E-state index contributed by atoms with van der Waals surface area (Å²) in [7, 11) is 0. The second kappa shape index (κ2) is 4.46. The zero-order valence-corrected chi connectivity index (χ0v) is 9.79. The van der Waals surface area contributed by atoms with Crippen molar-refractivity contribution in [3.63, 3.8) is 0 Å². The Morgan fingerprint density at radius 3 is 2.82 bits per heavy atom. The van der Waals surface area contributed by atoms with Gasteiger partial charge in [0, 0.05) is 18.2 Å². The van der Waals surface area contributed by atoms with E-state index in [1.807, 2.05) is 6.92 Å². The Morgan fingerprint density at radius 1 is 1.59 bits per heavy atom. The zero-order valence-electron chi connectivity index (χ0n) is 9.79. The number of aliphatic hydroxyl groups excluding tert-OH is 1. The monoisotopic (exact) mass is 240 g/mol. The Bertz CT molecular complexity index is 505. The molecule has 1 aliphatic rings. The Balaban J connectivity index is 2.29. The summed E-state index contributed by atoms with van der Waals surface area (Å²) in [6, 6.07) is 1.28. The van der Waals surface area contributed by atoms with Crippen molar-refractivity contribution in [2.75, 3.05) is 0 Å². The minimum absolute atomic E-state index is 0.109. The van der Waals surface area contributed by atoms with Crippen LogP contribution in [-0.2, 0) is 4.74 Å². The highest BCUT2D eigenvalue weighted by molar-refractivity contribution is 4.88. The van der Waals surface area contributed by atoms with Crippen LogP contribution >= 0.6 is 0 Å². The van der Waals surface area contributed by atoms with Crippen LogP contribution < -0.4 is 11.2 Å². The highest BCUT2D eigenvalue weighted by Gasteiger charge is 2.36. The van der Waals surface area contributed by atoms with Gasteiger partial charge in [0.2, 0.25) is 0 Å². The van der Waals surface area contributed by atoms with Crippen LogP contribution in [0.15, 0.2) is 21.9 Å². The summed E-state index contributed by atoms with van der Waals surface area (Å²) in [5.41, 5.74) is -0.912. The molecule has 1 saturated heterocycles. The van der Waals surface area contributed by atoms with Gasteiger partial charge in [-0.2, -0.15) is 0 Å². The van der Waals surface area contributed by atoms with Gasteiger partial charge >= 0.3 is 5.69 Å². The molecule has 4 atom stereocenters. The second-order valence-electron chi connectivity index (χ2n) is 4.54. The summed E-state index contributed by atoms with van der Waals surface area (Å²) >= 11 is 0. The van der Waals surface area contributed by atoms with Gasteiger partial charge in [0.15, 0.2) is 0 Å². The molecule has 0 radical (unpaired) electrons. The number of aromatic nitrogens is 2. The maximum atomic E-state index is 11.6. The summed E-state index contributed by atoms with van der Waals surface area (Å²) in [5.74, 6) is 0.109. The van der Waals surface area contributed by atoms with Gasteiger partial charge in [-0.1, -0.05) is 6.92 Å². The lowest BCUT2D eigenvalue weighted by molar-refractivity contribution is -0.0606. The van der Waals surface area contributed by atoms with Crippen molar-refractivity contribution in [2.24, 2.45) is 5.92 Å². The Morgan fingerprint density at radius 2 is 2.29 bits per heavy atom. The van der Waals surface area contributed by atoms with Gasteiger partial charge in [-0.3, -0.25) is 14.3 Å². The van der Waals surface area contributed by atoms with E-state index in [9.17, 15) is 14.7 Å². The lowest BCUT2D eigenvalue weighted by atomic mass is 10.0. The first kappa shape index (κ1) is 12.1. The molecule has 0 aliphatic carbocycles. The lowest BCUT2D eigenvalue weighted by Gasteiger charge is -2.18. The Kier molecular flexibility index (Phi) is 3.17. The zero-order chi connectivity index (χ0) is 12.6. The molecular formula is C11H16N2O4. The average Bonchev–Trinajstić information content (AvgIpc) is 2.61. The van der Waals surface area contributed by atoms with Gasteiger partial charge in [-0.05, 0) is 13.3 Å². The number of hydrogen-bond acceptors (Lipinski definition) is 4. The summed E-state index contributed by atoms with van der Waals surface area (Å²) in [6.07, 6.45) is 0.842. The third-order valence-corrected chi connectivity index (χ3v) is 3.07. The maximum absolute atomic E-state index is 11.6. The van der Waals surface area contributed by atoms with Crippen molar-refractivity contribution >= 4 is 0 Å². The quantitative estimate of drug-likeness (QED) is 0.752. The molecule has 94 valence electrons. The minimum Gasteiger partial charge on any atom is -0.391 e. The van der Waals surface area contributed by atoms with E-state index in [-0.39, 0.29) is 12.0 Å². The molecule has 1 aliphatic heterocycles. The topological polar surface area (TPSA) is 84.3 Å². The van der Waals surface area contributed by atoms with E-state index < -0.39 is 23.6 Å². The SMILES string of the molecule is C[C@H](O)C1C[C@H](C)[C@H](n2ccc(=O)[nH]c2=O)O1. The molecule has 1 aromatic rings. The normalized spacial score (nSPS) is 30.4. The number of H-pyrrole nitrogens is 1. The van der Waals surface area contributed by atoms with Gasteiger partial charge in [-0.15, -0.1) is 0 Å². The third kappa shape index (κ3) is 2.32. The molecule has 0 aromatic carbocycles. The molecular weight excluding hydrogens is 224 g/mol. The van der Waals surface area contributed by atoms with Gasteiger partial charge in [0.25, 0.3) is 5.56 Å². The fourth-order valence-corrected chi connectivity index (χ4v) is 2.13. The number of hydrogen-bond donors (Lipinski definition) is 2. The van der Waals surface area contributed by atoms with Crippen LogP contribution in [0.2, 0.25) is 0 Å². The highest BCUT2D eigenvalue weighted by atomic mass is 16.5. The molecule has 6 heteroatoms. The van der Waals surface area contributed by atoms with Crippen LogP contribution in [0.3, 0.4) is 0 Å². The Hall–Kier alpha value is -1.40. The molecule has 2 heterocycles. The predicted octanol–water partition coefficient (Wildman–Crippen LogP) is -0.159. The van der Waals surface area contributed by atoms with Gasteiger partial charge in [-0.25, -0.2) is 4.79 Å². The molecule has 6 nitrogen and oxygen atoms in total. The van der Waals surface area contributed by atoms with Crippen LogP contribution in [0.25, 0.3) is 0 Å². The number of rotatable bonds is 2. The van der Waals surface area contributed by atoms with E-state index in [4.69, 9.17) is 4.74 Å². The highest BCUT2D eigenvalue weighted by Crippen LogP contribution is 2.34. The molecule has 1 aromatic heterocycles. The molecule has 2 N–H and O–H groups in total. The van der Waals surface area contributed by atoms with Crippen molar-refractivity contribution in [1.29, 1.82) is 0 Å².